The first-order valence-electron chi connectivity index (χ1n) is 10.6. The van der Waals surface area contributed by atoms with Gasteiger partial charge in [0.1, 0.15) is 5.75 Å². The van der Waals surface area contributed by atoms with Crippen LogP contribution < -0.4 is 5.43 Å². The summed E-state index contributed by atoms with van der Waals surface area (Å²) in [4.78, 5) is 17.0. The fourth-order valence-corrected chi connectivity index (χ4v) is 4.15. The summed E-state index contributed by atoms with van der Waals surface area (Å²) in [5.41, 5.74) is 7.64. The summed E-state index contributed by atoms with van der Waals surface area (Å²) in [6.07, 6.45) is 3.41. The molecular weight excluding hydrogens is 412 g/mol. The summed E-state index contributed by atoms with van der Waals surface area (Å²) in [6, 6.07) is 22.9. The first kappa shape index (κ1) is 20.5. The number of carbonyl (C=O) groups excluding carboxylic acids is 1. The van der Waals surface area contributed by atoms with Crippen LogP contribution in [0.5, 0.6) is 5.75 Å². The second-order valence-electron chi connectivity index (χ2n) is 7.96. The molecule has 0 aliphatic carbocycles. The molecule has 0 saturated heterocycles. The summed E-state index contributed by atoms with van der Waals surface area (Å²) in [5.74, 6) is -0.546. The molecular formula is C27H22N4O2. The van der Waals surface area contributed by atoms with Crippen molar-refractivity contribution in [3.8, 4) is 11.4 Å². The lowest BCUT2D eigenvalue weighted by atomic mass is 10.1. The molecule has 0 radical (unpaired) electrons. The third kappa shape index (κ3) is 3.83. The van der Waals surface area contributed by atoms with Crippen LogP contribution in [0.1, 0.15) is 27.3 Å². The average Bonchev–Trinajstić information content (AvgIpc) is 3.11. The van der Waals surface area contributed by atoms with Gasteiger partial charge in [-0.25, -0.2) is 5.43 Å². The molecule has 2 N–H and O–H groups in total. The first-order chi connectivity index (χ1) is 16.0. The Kier molecular flexibility index (Phi) is 5.11. The normalized spacial score (nSPS) is 11.5. The number of amides is 1. The highest BCUT2D eigenvalue weighted by Gasteiger charge is 2.13. The predicted molar refractivity (Wildman–Crippen MR) is 131 cm³/mol. The third-order valence-corrected chi connectivity index (χ3v) is 5.79. The van der Waals surface area contributed by atoms with E-state index in [1.807, 2.05) is 68.4 Å². The van der Waals surface area contributed by atoms with E-state index in [-0.39, 0.29) is 11.3 Å². The number of phenols is 1. The van der Waals surface area contributed by atoms with E-state index in [9.17, 15) is 9.90 Å². The minimum Gasteiger partial charge on any atom is -0.507 e. The number of benzene rings is 3. The summed E-state index contributed by atoms with van der Waals surface area (Å²) in [5, 5.41) is 17.2. The highest BCUT2D eigenvalue weighted by atomic mass is 16.3. The molecule has 0 aliphatic rings. The zero-order valence-corrected chi connectivity index (χ0v) is 18.3. The van der Waals surface area contributed by atoms with Gasteiger partial charge in [-0.15, -0.1) is 0 Å². The lowest BCUT2D eigenvalue weighted by Crippen LogP contribution is -2.17. The third-order valence-electron chi connectivity index (χ3n) is 5.79. The fourth-order valence-electron chi connectivity index (χ4n) is 4.15. The highest BCUT2D eigenvalue weighted by molar-refractivity contribution is 6.01. The molecule has 5 aromatic rings. The van der Waals surface area contributed by atoms with E-state index in [0.29, 0.717) is 0 Å². The number of hydrogen-bond acceptors (Lipinski definition) is 4. The molecule has 0 atom stereocenters. The van der Waals surface area contributed by atoms with E-state index >= 15 is 0 Å². The van der Waals surface area contributed by atoms with Gasteiger partial charge in [-0.3, -0.25) is 9.78 Å². The second-order valence-corrected chi connectivity index (χ2v) is 7.96. The molecule has 0 bridgehead atoms. The number of phenolic OH excluding ortho intramolecular Hbond substituents is 1. The molecule has 5 rings (SSSR count). The van der Waals surface area contributed by atoms with E-state index in [4.69, 9.17) is 0 Å². The average molecular weight is 434 g/mol. The summed E-state index contributed by atoms with van der Waals surface area (Å²) in [6.45, 7) is 4.04. The van der Waals surface area contributed by atoms with E-state index < -0.39 is 5.91 Å². The van der Waals surface area contributed by atoms with Crippen LogP contribution >= 0.6 is 0 Å². The van der Waals surface area contributed by atoms with Gasteiger partial charge in [0, 0.05) is 34.2 Å². The van der Waals surface area contributed by atoms with Gasteiger partial charge < -0.3 is 9.67 Å². The number of fused-ring (bicyclic) bond motifs is 2. The molecule has 0 unspecified atom stereocenters. The monoisotopic (exact) mass is 434 g/mol. The Labute approximate surface area is 190 Å². The van der Waals surface area contributed by atoms with Crippen molar-refractivity contribution in [1.29, 1.82) is 0 Å². The van der Waals surface area contributed by atoms with Crippen molar-refractivity contribution < 1.29 is 9.90 Å². The molecule has 1 amide bonds. The minimum absolute atomic E-state index is 0.0784. The number of nitrogens with zero attached hydrogens (tertiary/aromatic N) is 3. The molecule has 0 saturated carbocycles. The number of aromatic hydroxyl groups is 1. The fraction of sp³-hybridized carbons (Fsp3) is 0.0741. The maximum absolute atomic E-state index is 12.6. The van der Waals surface area contributed by atoms with Crippen LogP contribution in [-0.4, -0.2) is 26.8 Å². The van der Waals surface area contributed by atoms with E-state index in [1.54, 1.807) is 24.5 Å². The molecule has 162 valence electrons. The van der Waals surface area contributed by atoms with Crippen molar-refractivity contribution in [2.24, 2.45) is 5.10 Å². The number of hydrazone groups is 1. The van der Waals surface area contributed by atoms with Crippen molar-refractivity contribution >= 4 is 33.8 Å². The van der Waals surface area contributed by atoms with Crippen molar-refractivity contribution in [1.82, 2.24) is 15.0 Å². The Bertz CT molecular complexity index is 1550. The Balaban J connectivity index is 1.39. The van der Waals surface area contributed by atoms with Crippen LogP contribution in [0.25, 0.3) is 27.4 Å². The molecule has 6 heteroatoms. The van der Waals surface area contributed by atoms with Gasteiger partial charge >= 0.3 is 0 Å². The lowest BCUT2D eigenvalue weighted by Gasteiger charge is -2.10. The maximum Gasteiger partial charge on any atom is 0.275 e. The van der Waals surface area contributed by atoms with E-state index in [2.05, 4.69) is 26.1 Å². The maximum atomic E-state index is 12.6. The lowest BCUT2D eigenvalue weighted by molar-refractivity contribution is 0.0952. The van der Waals surface area contributed by atoms with Gasteiger partial charge in [0.25, 0.3) is 5.91 Å². The predicted octanol–water partition coefficient (Wildman–Crippen LogP) is 5.27. The quantitative estimate of drug-likeness (QED) is 0.299. The van der Waals surface area contributed by atoms with Crippen molar-refractivity contribution in [2.45, 2.75) is 13.8 Å². The van der Waals surface area contributed by atoms with Crippen molar-refractivity contribution in [3.05, 3.63) is 102 Å². The number of nitrogens with one attached hydrogen (secondary N) is 1. The first-order valence-corrected chi connectivity index (χ1v) is 10.6. The largest absolute Gasteiger partial charge is 0.507 e. The standard InChI is InChI=1S/C27H22N4O2/c1-17-12-22(18(2)31(17)23-9-10-25-21(13-23)8-5-11-28-25)16-29-30-27(33)24-14-19-6-3-4-7-20(19)15-26(24)32/h3-16,32H,1-2H3,(H,30,33). The molecule has 33 heavy (non-hydrogen) atoms. The van der Waals surface area contributed by atoms with Crippen LogP contribution in [-0.2, 0) is 0 Å². The zero-order valence-electron chi connectivity index (χ0n) is 18.3. The molecule has 2 heterocycles. The number of pyridine rings is 1. The molecule has 0 spiro atoms. The molecule has 0 aliphatic heterocycles. The zero-order chi connectivity index (χ0) is 22.9. The van der Waals surface area contributed by atoms with Crippen molar-refractivity contribution in [3.63, 3.8) is 0 Å². The Morgan fingerprint density at radius 1 is 0.970 bits per heavy atom. The van der Waals surface area contributed by atoms with Crippen LogP contribution in [0.2, 0.25) is 0 Å². The molecule has 2 aromatic heterocycles. The summed E-state index contributed by atoms with van der Waals surface area (Å²) >= 11 is 0. The topological polar surface area (TPSA) is 79.5 Å². The minimum atomic E-state index is -0.467. The number of aryl methyl sites for hydroxylation is 1. The summed E-state index contributed by atoms with van der Waals surface area (Å²) in [7, 11) is 0. The summed E-state index contributed by atoms with van der Waals surface area (Å²) < 4.78 is 2.14. The molecule has 6 nitrogen and oxygen atoms in total. The second kappa shape index (κ2) is 8.24. The van der Waals surface area contributed by atoms with Gasteiger partial charge in [0.15, 0.2) is 0 Å². The van der Waals surface area contributed by atoms with Gasteiger partial charge in [0.2, 0.25) is 0 Å². The Morgan fingerprint density at radius 3 is 2.55 bits per heavy atom. The van der Waals surface area contributed by atoms with Gasteiger partial charge in [-0.05, 0) is 67.1 Å². The van der Waals surface area contributed by atoms with E-state index in [1.165, 1.54) is 0 Å². The molecule has 0 fully saturated rings. The van der Waals surface area contributed by atoms with Crippen LogP contribution in [0.4, 0.5) is 0 Å². The SMILES string of the molecule is Cc1cc(C=NNC(=O)c2cc3ccccc3cc2O)c(C)n1-c1ccc2ncccc2c1. The Hall–Kier alpha value is -4.45. The smallest absolute Gasteiger partial charge is 0.275 e. The van der Waals surface area contributed by atoms with Crippen LogP contribution in [0.15, 0.2) is 84.1 Å². The number of carbonyl (C=O) groups is 1. The van der Waals surface area contributed by atoms with Gasteiger partial charge in [0.05, 0.1) is 17.3 Å². The van der Waals surface area contributed by atoms with Gasteiger partial charge in [-0.2, -0.15) is 5.10 Å². The number of hydrogen-bond donors (Lipinski definition) is 2. The van der Waals surface area contributed by atoms with Gasteiger partial charge in [-0.1, -0.05) is 30.3 Å². The van der Waals surface area contributed by atoms with E-state index in [0.717, 1.165) is 44.3 Å². The van der Waals surface area contributed by atoms with Crippen LogP contribution in [0.3, 0.4) is 0 Å². The Morgan fingerprint density at radius 2 is 1.73 bits per heavy atom. The van der Waals surface area contributed by atoms with Crippen LogP contribution in [0, 0.1) is 13.8 Å². The number of rotatable bonds is 4. The number of aromatic nitrogens is 2. The molecule has 3 aromatic carbocycles. The highest BCUT2D eigenvalue weighted by Crippen LogP contribution is 2.25. The van der Waals surface area contributed by atoms with Crippen molar-refractivity contribution in [2.75, 3.05) is 0 Å².